The molecule has 0 saturated heterocycles. The molecule has 0 fully saturated rings. The maximum Gasteiger partial charge on any atom is 0.247 e. The van der Waals surface area contributed by atoms with Crippen molar-refractivity contribution in [1.29, 1.82) is 0 Å². The Labute approximate surface area is 162 Å². The Balaban J connectivity index is 1.88. The van der Waals surface area contributed by atoms with Crippen LogP contribution in [0, 0.1) is 0 Å². The summed E-state index contributed by atoms with van der Waals surface area (Å²) in [7, 11) is -3.73. The maximum atomic E-state index is 12.6. The Bertz CT molecular complexity index is 947. The van der Waals surface area contributed by atoms with Crippen LogP contribution < -0.4 is 19.1 Å². The van der Waals surface area contributed by atoms with Crippen molar-refractivity contribution >= 4 is 38.9 Å². The number of benzene rings is 2. The molecule has 0 aliphatic carbocycles. The summed E-state index contributed by atoms with van der Waals surface area (Å²) in [5.41, 5.74) is 0.840. The predicted octanol–water partition coefficient (Wildman–Crippen LogP) is 2.90. The van der Waals surface area contributed by atoms with Gasteiger partial charge in [-0.25, -0.2) is 8.42 Å². The van der Waals surface area contributed by atoms with Crippen LogP contribution in [0.2, 0.25) is 5.02 Å². The number of carbonyl (C=O) groups is 1. The smallest absolute Gasteiger partial charge is 0.247 e. The minimum absolute atomic E-state index is 0.320. The molecule has 27 heavy (non-hydrogen) atoms. The summed E-state index contributed by atoms with van der Waals surface area (Å²) in [6.45, 7) is 2.33. The van der Waals surface area contributed by atoms with Gasteiger partial charge in [0.1, 0.15) is 19.3 Å². The normalized spacial score (nSPS) is 14.3. The van der Waals surface area contributed by atoms with Gasteiger partial charge in [0.05, 0.1) is 11.9 Å². The number of sulfonamides is 1. The molecule has 1 aliphatic heterocycles. The number of carbonyl (C=O) groups excluding carboxylic acids is 1. The van der Waals surface area contributed by atoms with Crippen LogP contribution in [0.1, 0.15) is 6.92 Å². The Hall–Kier alpha value is -2.45. The third-order valence-electron chi connectivity index (χ3n) is 3.98. The number of nitrogens with zero attached hydrogens (tertiary/aromatic N) is 1. The quantitative estimate of drug-likeness (QED) is 0.819. The van der Waals surface area contributed by atoms with E-state index in [1.807, 2.05) is 0 Å². The summed E-state index contributed by atoms with van der Waals surface area (Å²) in [6, 6.07) is 10.3. The van der Waals surface area contributed by atoms with Crippen LogP contribution in [-0.4, -0.2) is 39.8 Å². The molecule has 0 saturated carbocycles. The molecule has 2 aromatic rings. The molecular weight excluding hydrogens is 392 g/mol. The molecule has 3 rings (SSSR count). The Morgan fingerprint density at radius 1 is 1.11 bits per heavy atom. The minimum Gasteiger partial charge on any atom is -0.486 e. The lowest BCUT2D eigenvalue weighted by molar-refractivity contribution is -0.116. The van der Waals surface area contributed by atoms with Crippen molar-refractivity contribution < 1.29 is 22.7 Å². The van der Waals surface area contributed by atoms with Gasteiger partial charge in [-0.3, -0.25) is 9.10 Å². The average molecular weight is 411 g/mol. The fourth-order valence-electron chi connectivity index (χ4n) is 2.76. The molecule has 1 heterocycles. The molecule has 0 aromatic heterocycles. The molecule has 0 bridgehead atoms. The highest BCUT2D eigenvalue weighted by molar-refractivity contribution is 7.92. The van der Waals surface area contributed by atoms with E-state index in [0.29, 0.717) is 41.1 Å². The molecule has 0 unspecified atom stereocenters. The van der Waals surface area contributed by atoms with E-state index in [1.165, 1.54) is 6.92 Å². The van der Waals surface area contributed by atoms with Crippen molar-refractivity contribution in [2.45, 2.75) is 13.0 Å². The summed E-state index contributed by atoms with van der Waals surface area (Å²) in [4.78, 5) is 12.6. The molecule has 0 radical (unpaired) electrons. The van der Waals surface area contributed by atoms with Gasteiger partial charge < -0.3 is 14.8 Å². The Morgan fingerprint density at radius 2 is 1.74 bits per heavy atom. The van der Waals surface area contributed by atoms with Gasteiger partial charge >= 0.3 is 0 Å². The molecule has 0 spiro atoms. The first-order chi connectivity index (χ1) is 12.8. The van der Waals surface area contributed by atoms with Gasteiger partial charge in [-0.1, -0.05) is 11.6 Å². The first kappa shape index (κ1) is 19.3. The zero-order valence-corrected chi connectivity index (χ0v) is 16.4. The van der Waals surface area contributed by atoms with E-state index < -0.39 is 22.0 Å². The van der Waals surface area contributed by atoms with Gasteiger partial charge in [0.15, 0.2) is 11.5 Å². The number of hydrogen-bond donors (Lipinski definition) is 1. The van der Waals surface area contributed by atoms with Gasteiger partial charge in [-0.05, 0) is 43.3 Å². The molecule has 144 valence electrons. The van der Waals surface area contributed by atoms with Gasteiger partial charge in [-0.15, -0.1) is 0 Å². The standard InChI is InChI=1S/C18H19ClN2O5S/c1-12(18(22)20-14-5-3-13(19)4-6-14)21(27(2,23)24)15-7-8-16-17(11-15)26-10-9-25-16/h3-8,11-12H,9-10H2,1-2H3,(H,20,22)/t12-/m1/s1. The monoisotopic (exact) mass is 410 g/mol. The van der Waals surface area contributed by atoms with E-state index in [9.17, 15) is 13.2 Å². The number of hydrogen-bond acceptors (Lipinski definition) is 5. The van der Waals surface area contributed by atoms with Gasteiger partial charge in [-0.2, -0.15) is 0 Å². The van der Waals surface area contributed by atoms with E-state index in [0.717, 1.165) is 10.6 Å². The van der Waals surface area contributed by atoms with Crippen molar-refractivity contribution in [3.05, 3.63) is 47.5 Å². The molecule has 1 aliphatic rings. The molecule has 9 heteroatoms. The molecule has 1 atom stereocenters. The third-order valence-corrected chi connectivity index (χ3v) is 5.47. The number of rotatable bonds is 5. The molecular formula is C18H19ClN2O5S. The highest BCUT2D eigenvalue weighted by Gasteiger charge is 2.30. The highest BCUT2D eigenvalue weighted by Crippen LogP contribution is 2.35. The lowest BCUT2D eigenvalue weighted by atomic mass is 10.2. The van der Waals surface area contributed by atoms with E-state index >= 15 is 0 Å². The fraction of sp³-hybridized carbons (Fsp3) is 0.278. The second-order valence-electron chi connectivity index (χ2n) is 6.06. The number of halogens is 1. The zero-order valence-electron chi connectivity index (χ0n) is 14.8. The van der Waals surface area contributed by atoms with Crippen LogP contribution >= 0.6 is 11.6 Å². The van der Waals surface area contributed by atoms with E-state index in [-0.39, 0.29) is 0 Å². The number of anilines is 2. The van der Waals surface area contributed by atoms with Crippen LogP contribution in [0.4, 0.5) is 11.4 Å². The van der Waals surface area contributed by atoms with Crippen molar-refractivity contribution in [1.82, 2.24) is 0 Å². The number of nitrogens with one attached hydrogen (secondary N) is 1. The summed E-state index contributed by atoms with van der Waals surface area (Å²) >= 11 is 5.84. The van der Waals surface area contributed by atoms with Crippen LogP contribution in [-0.2, 0) is 14.8 Å². The topological polar surface area (TPSA) is 84.9 Å². The largest absolute Gasteiger partial charge is 0.486 e. The first-order valence-corrected chi connectivity index (χ1v) is 10.4. The molecule has 7 nitrogen and oxygen atoms in total. The van der Waals surface area contributed by atoms with Crippen molar-refractivity contribution in [2.24, 2.45) is 0 Å². The van der Waals surface area contributed by atoms with Crippen molar-refractivity contribution in [3.63, 3.8) is 0 Å². The van der Waals surface area contributed by atoms with Gasteiger partial charge in [0.2, 0.25) is 15.9 Å². The summed E-state index contributed by atoms with van der Waals surface area (Å²) in [5.74, 6) is 0.507. The highest BCUT2D eigenvalue weighted by atomic mass is 35.5. The van der Waals surface area contributed by atoms with E-state index in [2.05, 4.69) is 5.32 Å². The van der Waals surface area contributed by atoms with E-state index in [4.69, 9.17) is 21.1 Å². The van der Waals surface area contributed by atoms with Crippen LogP contribution in [0.3, 0.4) is 0 Å². The van der Waals surface area contributed by atoms with E-state index in [1.54, 1.807) is 42.5 Å². The van der Waals surface area contributed by atoms with Crippen LogP contribution in [0.15, 0.2) is 42.5 Å². The second kappa shape index (κ2) is 7.66. The van der Waals surface area contributed by atoms with Crippen LogP contribution in [0.25, 0.3) is 0 Å². The fourth-order valence-corrected chi connectivity index (χ4v) is 4.05. The minimum atomic E-state index is -3.73. The summed E-state index contributed by atoms with van der Waals surface area (Å²) < 4.78 is 36.8. The number of ether oxygens (including phenoxy) is 2. The zero-order chi connectivity index (χ0) is 19.6. The maximum absolute atomic E-state index is 12.6. The third kappa shape index (κ3) is 4.45. The number of amides is 1. The molecule has 1 N–H and O–H groups in total. The molecule has 1 amide bonds. The Morgan fingerprint density at radius 3 is 2.37 bits per heavy atom. The van der Waals surface area contributed by atoms with Gasteiger partial charge in [0.25, 0.3) is 0 Å². The lowest BCUT2D eigenvalue weighted by Crippen LogP contribution is -2.45. The summed E-state index contributed by atoms with van der Waals surface area (Å²) in [6.07, 6.45) is 1.05. The lowest BCUT2D eigenvalue weighted by Gasteiger charge is -2.29. The van der Waals surface area contributed by atoms with Crippen LogP contribution in [0.5, 0.6) is 11.5 Å². The Kier molecular flexibility index (Phi) is 5.48. The molecule has 2 aromatic carbocycles. The second-order valence-corrected chi connectivity index (χ2v) is 8.35. The SMILES string of the molecule is C[C@H](C(=O)Nc1ccc(Cl)cc1)N(c1ccc2c(c1)OCCO2)S(C)(=O)=O. The summed E-state index contributed by atoms with van der Waals surface area (Å²) in [5, 5.41) is 3.23. The van der Waals surface area contributed by atoms with Gasteiger partial charge in [0, 0.05) is 16.8 Å². The number of fused-ring (bicyclic) bond motifs is 1. The van der Waals surface area contributed by atoms with Crippen molar-refractivity contribution in [3.8, 4) is 11.5 Å². The predicted molar refractivity (Wildman–Crippen MR) is 104 cm³/mol. The first-order valence-electron chi connectivity index (χ1n) is 8.21. The average Bonchev–Trinajstić information content (AvgIpc) is 2.62. The van der Waals surface area contributed by atoms with Crippen molar-refractivity contribution in [2.75, 3.05) is 29.1 Å².